The summed E-state index contributed by atoms with van der Waals surface area (Å²) in [5.41, 5.74) is 3.08. The van der Waals surface area contributed by atoms with Crippen molar-refractivity contribution in [2.24, 2.45) is 0 Å². The Labute approximate surface area is 352 Å². The second-order valence-electron chi connectivity index (χ2n) is 14.2. The number of halogens is 1. The van der Waals surface area contributed by atoms with Gasteiger partial charge in [-0.25, -0.2) is 8.42 Å². The molecule has 0 saturated heterocycles. The third-order valence-corrected chi connectivity index (χ3v) is 11.2. The largest absolute Gasteiger partial charge is 0.348 e. The third kappa shape index (κ3) is 12.8. The van der Waals surface area contributed by atoms with E-state index in [0.717, 1.165) is 20.6 Å². The number of carbonyl (C=O) groups excluding carboxylic acids is 3. The molecule has 0 spiro atoms. The molecule has 4 N–H and O–H groups in total. The van der Waals surface area contributed by atoms with Crippen LogP contribution in [0.2, 0.25) is 0 Å². The lowest BCUT2D eigenvalue weighted by atomic mass is 10.0. The quantitative estimate of drug-likeness (QED) is 0.0569. The minimum atomic E-state index is -3.91. The molecule has 4 atom stereocenters. The van der Waals surface area contributed by atoms with Crippen molar-refractivity contribution in [3.8, 4) is 0 Å². The van der Waals surface area contributed by atoms with Crippen molar-refractivity contribution in [2.75, 3.05) is 17.1 Å². The number of nitrogens with zero attached hydrogens (tertiary/aromatic N) is 3. The molecule has 5 rings (SSSR count). The third-order valence-electron chi connectivity index (χ3n) is 9.56. The van der Waals surface area contributed by atoms with Crippen LogP contribution >= 0.6 is 15.9 Å². The van der Waals surface area contributed by atoms with Gasteiger partial charge in [-0.15, -0.1) is 0 Å². The molecule has 1 aromatic heterocycles. The van der Waals surface area contributed by atoms with Gasteiger partial charge >= 0.3 is 0 Å². The van der Waals surface area contributed by atoms with E-state index in [-0.39, 0.29) is 47.9 Å². The van der Waals surface area contributed by atoms with E-state index in [2.05, 4.69) is 42.2 Å². The van der Waals surface area contributed by atoms with Gasteiger partial charge in [0.1, 0.15) is 0 Å². The highest BCUT2D eigenvalue weighted by Crippen LogP contribution is 2.26. The van der Waals surface area contributed by atoms with Gasteiger partial charge in [0.25, 0.3) is 17.5 Å². The molecule has 0 saturated carbocycles. The van der Waals surface area contributed by atoms with Crippen LogP contribution in [0.1, 0.15) is 76.0 Å². The number of anilines is 1. The number of aromatic nitrogens is 1. The number of rotatable bonds is 18. The topological polar surface area (TPSA) is 193 Å². The summed E-state index contributed by atoms with van der Waals surface area (Å²) in [4.78, 5) is 56.3. The maximum absolute atomic E-state index is 14.2. The number of nitro groups is 1. The minimum absolute atomic E-state index is 0.0411. The Morgan fingerprint density at radius 2 is 1.36 bits per heavy atom. The summed E-state index contributed by atoms with van der Waals surface area (Å²) in [7, 11) is -3.91. The number of amides is 3. The Morgan fingerprint density at radius 1 is 0.780 bits per heavy atom. The van der Waals surface area contributed by atoms with E-state index in [0.29, 0.717) is 16.8 Å². The van der Waals surface area contributed by atoms with E-state index in [9.17, 15) is 32.9 Å². The Kier molecular flexibility index (Phi) is 15.1. The molecule has 5 aromatic rings. The summed E-state index contributed by atoms with van der Waals surface area (Å²) in [6.45, 7) is 5.35. The zero-order chi connectivity index (χ0) is 42.7. The number of benzene rings is 4. The summed E-state index contributed by atoms with van der Waals surface area (Å²) >= 11 is 3.42. The number of hydrogen-bond acceptors (Lipinski definition) is 9. The molecular weight excluding hydrogens is 838 g/mol. The summed E-state index contributed by atoms with van der Waals surface area (Å²) in [6, 6.07) is 29.9. The fraction of sp³-hybridized carbons (Fsp3) is 0.256. The average molecular weight is 885 g/mol. The van der Waals surface area contributed by atoms with Gasteiger partial charge in [-0.3, -0.25) is 33.8 Å². The summed E-state index contributed by atoms with van der Waals surface area (Å²) < 4.78 is 28.6. The maximum atomic E-state index is 14.2. The van der Waals surface area contributed by atoms with Gasteiger partial charge in [0.2, 0.25) is 15.9 Å². The number of sulfonamides is 1. The number of pyridine rings is 1. The Morgan fingerprint density at radius 3 is 1.93 bits per heavy atom. The SMILES string of the molecule is C[C@H](NC[C@H](Cc1ccccn1)NC(=O)c1cc(C(=O)N[C@H](C)c2ccc(Br)cc2)cc(N(Cc2ccccc2)S(C)(=O)=O)c1)C(=O)N[C@H](C)c1ccc([N+](=O)[O-])cc1. The van der Waals surface area contributed by atoms with Crippen molar-refractivity contribution in [3.05, 3.63) is 170 Å². The molecule has 3 amide bonds. The van der Waals surface area contributed by atoms with Crippen molar-refractivity contribution in [1.29, 1.82) is 0 Å². The molecule has 14 nitrogen and oxygen atoms in total. The van der Waals surface area contributed by atoms with Crippen LogP contribution in [0, 0.1) is 10.1 Å². The second kappa shape index (κ2) is 20.1. The standard InChI is InChI=1S/C43H46BrN7O7S/c1-28(33-15-19-39(20-16-33)51(55)56)47-41(52)30(3)46-26-38(25-37-12-8-9-21-45-37)49-43(54)35-22-34(42(53)48-29(2)32-13-17-36(44)18-14-32)23-40(24-35)50(59(4,57)58)27-31-10-6-5-7-11-31/h5-24,28-30,38,46H,25-27H2,1-4H3,(H,47,52)(H,48,53)(H,49,54)/t28-,29-,30+,38+/m1/s1. The van der Waals surface area contributed by atoms with E-state index < -0.39 is 50.9 Å². The maximum Gasteiger partial charge on any atom is 0.269 e. The number of non-ortho nitro benzene ring substituents is 1. The van der Waals surface area contributed by atoms with Crippen LogP contribution in [0.15, 0.2) is 126 Å². The van der Waals surface area contributed by atoms with Crippen molar-refractivity contribution in [2.45, 2.75) is 57.9 Å². The smallest absolute Gasteiger partial charge is 0.269 e. The first kappa shape index (κ1) is 44.1. The predicted octanol–water partition coefficient (Wildman–Crippen LogP) is 6.41. The van der Waals surface area contributed by atoms with Crippen molar-refractivity contribution in [3.63, 3.8) is 0 Å². The van der Waals surface area contributed by atoms with Crippen LogP contribution in [0.4, 0.5) is 11.4 Å². The highest BCUT2D eigenvalue weighted by atomic mass is 79.9. The number of carbonyl (C=O) groups is 3. The minimum Gasteiger partial charge on any atom is -0.348 e. The molecule has 308 valence electrons. The van der Waals surface area contributed by atoms with Crippen molar-refractivity contribution in [1.82, 2.24) is 26.3 Å². The zero-order valence-electron chi connectivity index (χ0n) is 33.0. The highest BCUT2D eigenvalue weighted by Gasteiger charge is 2.25. The Hall–Kier alpha value is -5.97. The molecule has 1 heterocycles. The lowest BCUT2D eigenvalue weighted by Gasteiger charge is -2.25. The molecule has 0 bridgehead atoms. The molecule has 0 aliphatic rings. The van der Waals surface area contributed by atoms with Crippen LogP contribution in [-0.4, -0.2) is 60.9 Å². The molecule has 59 heavy (non-hydrogen) atoms. The van der Waals surface area contributed by atoms with Gasteiger partial charge < -0.3 is 21.3 Å². The van der Waals surface area contributed by atoms with E-state index in [1.54, 1.807) is 62.5 Å². The first-order valence-electron chi connectivity index (χ1n) is 18.8. The first-order chi connectivity index (χ1) is 28.1. The van der Waals surface area contributed by atoms with Gasteiger partial charge in [-0.1, -0.05) is 76.6 Å². The monoisotopic (exact) mass is 883 g/mol. The van der Waals surface area contributed by atoms with Crippen molar-refractivity contribution < 1.29 is 27.7 Å². The molecule has 0 unspecified atom stereocenters. The highest BCUT2D eigenvalue weighted by molar-refractivity contribution is 9.10. The Bertz CT molecular complexity index is 2350. The van der Waals surface area contributed by atoms with E-state index >= 15 is 0 Å². The van der Waals surface area contributed by atoms with E-state index in [1.807, 2.05) is 49.4 Å². The second-order valence-corrected chi connectivity index (χ2v) is 17.0. The van der Waals surface area contributed by atoms with Crippen LogP contribution in [0.25, 0.3) is 0 Å². The fourth-order valence-electron chi connectivity index (χ4n) is 6.21. The van der Waals surface area contributed by atoms with Gasteiger partial charge in [-0.2, -0.15) is 0 Å². The average Bonchev–Trinajstić information content (AvgIpc) is 3.22. The fourth-order valence-corrected chi connectivity index (χ4v) is 7.35. The molecule has 0 aliphatic carbocycles. The molecular formula is C43H46BrN7O7S. The summed E-state index contributed by atoms with van der Waals surface area (Å²) in [6.07, 6.45) is 2.97. The predicted molar refractivity (Wildman–Crippen MR) is 230 cm³/mol. The lowest BCUT2D eigenvalue weighted by molar-refractivity contribution is -0.384. The molecule has 0 fully saturated rings. The van der Waals surface area contributed by atoms with Crippen LogP contribution in [0.3, 0.4) is 0 Å². The van der Waals surface area contributed by atoms with Gasteiger partial charge in [0.15, 0.2) is 0 Å². The van der Waals surface area contributed by atoms with Gasteiger partial charge in [-0.05, 0) is 79.9 Å². The number of nitro benzene ring substituents is 1. The zero-order valence-corrected chi connectivity index (χ0v) is 35.4. The molecule has 0 aliphatic heterocycles. The van der Waals surface area contributed by atoms with E-state index in [4.69, 9.17) is 0 Å². The molecule has 0 radical (unpaired) electrons. The van der Waals surface area contributed by atoms with Crippen LogP contribution < -0.4 is 25.6 Å². The summed E-state index contributed by atoms with van der Waals surface area (Å²) in [5.74, 6) is -1.43. The number of hydrogen-bond donors (Lipinski definition) is 4. The van der Waals surface area contributed by atoms with Gasteiger partial charge in [0, 0.05) is 58.6 Å². The van der Waals surface area contributed by atoms with Crippen LogP contribution in [-0.2, 0) is 27.8 Å². The summed E-state index contributed by atoms with van der Waals surface area (Å²) in [5, 5.41) is 23.1. The Balaban J connectivity index is 1.40. The van der Waals surface area contributed by atoms with E-state index in [1.165, 1.54) is 30.3 Å². The molecule has 4 aromatic carbocycles. The normalized spacial score (nSPS) is 13.3. The van der Waals surface area contributed by atoms with Crippen molar-refractivity contribution >= 4 is 55.0 Å². The molecule has 16 heteroatoms. The van der Waals surface area contributed by atoms with Crippen LogP contribution in [0.5, 0.6) is 0 Å². The van der Waals surface area contributed by atoms with Gasteiger partial charge in [0.05, 0.1) is 41.5 Å². The number of nitrogens with one attached hydrogen (secondary N) is 4. The first-order valence-corrected chi connectivity index (χ1v) is 21.4. The lowest BCUT2D eigenvalue weighted by Crippen LogP contribution is -2.50.